The number of nitrogens with zero attached hydrogens (tertiary/aromatic N) is 4. The van der Waals surface area contributed by atoms with Gasteiger partial charge in [0.25, 0.3) is 0 Å². The minimum Gasteiger partial charge on any atom is -0.491 e. The van der Waals surface area contributed by atoms with Gasteiger partial charge >= 0.3 is 11.8 Å². The Hall–Kier alpha value is -3.47. The molecule has 2 aromatic rings. The van der Waals surface area contributed by atoms with E-state index in [1.165, 1.54) is 0 Å². The molecule has 1 amide bonds. The molecule has 0 aliphatic carbocycles. The molecule has 0 saturated carbocycles. The highest BCUT2D eigenvalue weighted by molar-refractivity contribution is 5.88. The van der Waals surface area contributed by atoms with Gasteiger partial charge in [0.15, 0.2) is 0 Å². The lowest BCUT2D eigenvalue weighted by Gasteiger charge is -2.21. The SMILES string of the molecule is CN(C)CCCOc1ccc(Nc2ncc([N+](=O)[O-])cn2)cc1NC(=O)OC(C)(C)C. The first kappa shape index (κ1) is 23.8. The number of nitrogens with one attached hydrogen (secondary N) is 2. The zero-order valence-corrected chi connectivity index (χ0v) is 18.3. The molecule has 0 saturated heterocycles. The first-order valence-electron chi connectivity index (χ1n) is 9.68. The number of benzene rings is 1. The van der Waals surface area contributed by atoms with Crippen LogP contribution in [0, 0.1) is 10.1 Å². The van der Waals surface area contributed by atoms with Gasteiger partial charge in [-0.15, -0.1) is 0 Å². The molecule has 2 rings (SSSR count). The lowest BCUT2D eigenvalue weighted by atomic mass is 10.2. The van der Waals surface area contributed by atoms with Crippen LogP contribution in [0.2, 0.25) is 0 Å². The largest absolute Gasteiger partial charge is 0.491 e. The fourth-order valence-corrected chi connectivity index (χ4v) is 2.42. The van der Waals surface area contributed by atoms with Crippen LogP contribution in [-0.4, -0.2) is 58.7 Å². The first-order valence-corrected chi connectivity index (χ1v) is 9.68. The van der Waals surface area contributed by atoms with Gasteiger partial charge in [-0.2, -0.15) is 0 Å². The second-order valence-corrected chi connectivity index (χ2v) is 7.99. The Bertz CT molecular complexity index is 896. The number of carbonyl (C=O) groups excluding carboxylic acids is 1. The number of hydrogen-bond acceptors (Lipinski definition) is 9. The number of ether oxygens (including phenoxy) is 2. The number of aromatic nitrogens is 2. The van der Waals surface area contributed by atoms with Gasteiger partial charge in [-0.1, -0.05) is 0 Å². The van der Waals surface area contributed by atoms with Gasteiger partial charge in [-0.25, -0.2) is 14.8 Å². The number of amides is 1. The predicted molar refractivity (Wildman–Crippen MR) is 117 cm³/mol. The van der Waals surface area contributed by atoms with Crippen molar-refractivity contribution in [2.75, 3.05) is 37.9 Å². The molecule has 1 aromatic carbocycles. The van der Waals surface area contributed by atoms with E-state index in [0.717, 1.165) is 25.4 Å². The normalized spacial score (nSPS) is 11.2. The van der Waals surface area contributed by atoms with Crippen molar-refractivity contribution in [3.8, 4) is 5.75 Å². The van der Waals surface area contributed by atoms with Crippen LogP contribution in [0.25, 0.3) is 0 Å². The standard InChI is InChI=1S/C20H28N6O5/c1-20(2,3)31-19(27)24-16-11-14(7-8-17(16)30-10-6-9-25(4)5)23-18-21-12-15(13-22-18)26(28)29/h7-8,11-13H,6,9-10H2,1-5H3,(H,24,27)(H,21,22,23). The van der Waals surface area contributed by atoms with E-state index in [0.29, 0.717) is 23.7 Å². The molecule has 1 heterocycles. The van der Waals surface area contributed by atoms with Gasteiger partial charge in [-0.05, 0) is 59.5 Å². The van der Waals surface area contributed by atoms with E-state index >= 15 is 0 Å². The predicted octanol–water partition coefficient (Wildman–Crippen LogP) is 3.81. The Morgan fingerprint density at radius 1 is 1.23 bits per heavy atom. The molecular weight excluding hydrogens is 404 g/mol. The third kappa shape index (κ3) is 8.42. The van der Waals surface area contributed by atoms with Gasteiger partial charge in [0.2, 0.25) is 5.95 Å². The molecule has 0 spiro atoms. The third-order valence-corrected chi connectivity index (χ3v) is 3.73. The summed E-state index contributed by atoms with van der Waals surface area (Å²) in [7, 11) is 3.96. The van der Waals surface area contributed by atoms with Crippen molar-refractivity contribution in [1.82, 2.24) is 14.9 Å². The maximum absolute atomic E-state index is 12.3. The van der Waals surface area contributed by atoms with E-state index in [4.69, 9.17) is 9.47 Å². The van der Waals surface area contributed by atoms with Crippen LogP contribution < -0.4 is 15.4 Å². The van der Waals surface area contributed by atoms with Gasteiger partial charge in [0.05, 0.1) is 17.2 Å². The molecule has 2 N–H and O–H groups in total. The van der Waals surface area contributed by atoms with E-state index in [-0.39, 0.29) is 11.6 Å². The average Bonchev–Trinajstić information content (AvgIpc) is 2.65. The summed E-state index contributed by atoms with van der Waals surface area (Å²) in [5.41, 5.74) is 0.102. The van der Waals surface area contributed by atoms with E-state index in [1.807, 2.05) is 14.1 Å². The maximum atomic E-state index is 12.3. The van der Waals surface area contributed by atoms with Crippen LogP contribution in [0.1, 0.15) is 27.2 Å². The zero-order valence-electron chi connectivity index (χ0n) is 18.3. The topological polar surface area (TPSA) is 132 Å². The summed E-state index contributed by atoms with van der Waals surface area (Å²) in [5, 5.41) is 16.4. The number of carbonyl (C=O) groups is 1. The summed E-state index contributed by atoms with van der Waals surface area (Å²) in [6.45, 7) is 6.66. The van der Waals surface area contributed by atoms with Gasteiger partial charge < -0.3 is 19.7 Å². The molecule has 0 atom stereocenters. The summed E-state index contributed by atoms with van der Waals surface area (Å²) in [4.78, 5) is 32.3. The zero-order chi connectivity index (χ0) is 23.0. The summed E-state index contributed by atoms with van der Waals surface area (Å²) in [6.07, 6.45) is 2.42. The molecule has 1 aromatic heterocycles. The van der Waals surface area contributed by atoms with E-state index in [9.17, 15) is 14.9 Å². The first-order chi connectivity index (χ1) is 14.5. The third-order valence-electron chi connectivity index (χ3n) is 3.73. The Morgan fingerprint density at radius 2 is 1.90 bits per heavy atom. The van der Waals surface area contributed by atoms with Crippen LogP contribution >= 0.6 is 0 Å². The molecule has 11 heteroatoms. The molecule has 0 aliphatic heterocycles. The van der Waals surface area contributed by atoms with Crippen molar-refractivity contribution in [1.29, 1.82) is 0 Å². The number of hydrogen-bond donors (Lipinski definition) is 2. The average molecular weight is 432 g/mol. The number of anilines is 3. The van der Waals surface area contributed by atoms with E-state index < -0.39 is 16.6 Å². The summed E-state index contributed by atoms with van der Waals surface area (Å²) >= 11 is 0. The van der Waals surface area contributed by atoms with Crippen LogP contribution in [0.4, 0.5) is 27.8 Å². The molecule has 0 unspecified atom stereocenters. The maximum Gasteiger partial charge on any atom is 0.412 e. The summed E-state index contributed by atoms with van der Waals surface area (Å²) in [5.74, 6) is 0.660. The lowest BCUT2D eigenvalue weighted by Crippen LogP contribution is -2.27. The highest BCUT2D eigenvalue weighted by Gasteiger charge is 2.18. The number of nitro groups is 1. The highest BCUT2D eigenvalue weighted by Crippen LogP contribution is 2.30. The van der Waals surface area contributed by atoms with Crippen LogP contribution in [0.5, 0.6) is 5.75 Å². The van der Waals surface area contributed by atoms with Crippen molar-refractivity contribution in [2.45, 2.75) is 32.8 Å². The highest BCUT2D eigenvalue weighted by atomic mass is 16.6. The van der Waals surface area contributed by atoms with Crippen molar-refractivity contribution >= 4 is 29.1 Å². The molecule has 0 fully saturated rings. The minimum atomic E-state index is -0.654. The molecule has 0 radical (unpaired) electrons. The fraction of sp³-hybridized carbons (Fsp3) is 0.450. The molecule has 31 heavy (non-hydrogen) atoms. The minimum absolute atomic E-state index is 0.175. The summed E-state index contributed by atoms with van der Waals surface area (Å²) < 4.78 is 11.2. The van der Waals surface area contributed by atoms with E-state index in [1.54, 1.807) is 39.0 Å². The van der Waals surface area contributed by atoms with Crippen LogP contribution in [-0.2, 0) is 4.74 Å². The second-order valence-electron chi connectivity index (χ2n) is 7.99. The second kappa shape index (κ2) is 10.5. The Labute approximate surface area is 180 Å². The van der Waals surface area contributed by atoms with Gasteiger partial charge in [-0.3, -0.25) is 15.4 Å². The Kier molecular flexibility index (Phi) is 8.08. The van der Waals surface area contributed by atoms with E-state index in [2.05, 4.69) is 25.5 Å². The Balaban J connectivity index is 2.17. The van der Waals surface area contributed by atoms with Crippen molar-refractivity contribution < 1.29 is 19.2 Å². The van der Waals surface area contributed by atoms with Gasteiger partial charge in [0, 0.05) is 12.2 Å². The lowest BCUT2D eigenvalue weighted by molar-refractivity contribution is -0.385. The van der Waals surface area contributed by atoms with Crippen LogP contribution in [0.15, 0.2) is 30.6 Å². The molecule has 0 bridgehead atoms. The fourth-order valence-electron chi connectivity index (χ4n) is 2.42. The Morgan fingerprint density at radius 3 is 2.48 bits per heavy atom. The van der Waals surface area contributed by atoms with Crippen molar-refractivity contribution in [3.05, 3.63) is 40.7 Å². The van der Waals surface area contributed by atoms with Crippen molar-refractivity contribution in [3.63, 3.8) is 0 Å². The van der Waals surface area contributed by atoms with Crippen molar-refractivity contribution in [2.24, 2.45) is 0 Å². The quantitative estimate of drug-likeness (QED) is 0.345. The smallest absolute Gasteiger partial charge is 0.412 e. The number of rotatable bonds is 9. The molecule has 11 nitrogen and oxygen atoms in total. The molecular formula is C20H28N6O5. The monoisotopic (exact) mass is 432 g/mol. The van der Waals surface area contributed by atoms with Gasteiger partial charge in [0.1, 0.15) is 23.7 Å². The molecule has 168 valence electrons. The summed E-state index contributed by atoms with van der Waals surface area (Å²) in [6, 6.07) is 5.08. The molecule has 0 aliphatic rings. The van der Waals surface area contributed by atoms with Crippen LogP contribution in [0.3, 0.4) is 0 Å².